The second kappa shape index (κ2) is 10.6. The average molecular weight is 487 g/mol. The highest BCUT2D eigenvalue weighted by atomic mass is 16.5. The lowest BCUT2D eigenvalue weighted by molar-refractivity contribution is 0.0237. The Balaban J connectivity index is 1.22. The molecule has 2 aliphatic rings. The molecule has 2 aliphatic heterocycles. The third kappa shape index (κ3) is 5.47. The van der Waals surface area contributed by atoms with Crippen LogP contribution in [0.3, 0.4) is 0 Å². The molecule has 9 nitrogen and oxygen atoms in total. The van der Waals surface area contributed by atoms with Crippen LogP contribution in [-0.2, 0) is 22.3 Å². The zero-order valence-corrected chi connectivity index (χ0v) is 20.3. The Morgan fingerprint density at radius 1 is 0.861 bits per heavy atom. The molecular weight excluding hydrogens is 456 g/mol. The Morgan fingerprint density at radius 2 is 1.72 bits per heavy atom. The van der Waals surface area contributed by atoms with Crippen LogP contribution in [0.5, 0.6) is 5.88 Å². The number of nitrogens with zero attached hydrogens (tertiary/aromatic N) is 6. The number of ether oxygens (including phenoxy) is 3. The van der Waals surface area contributed by atoms with E-state index in [1.165, 1.54) is 5.56 Å². The number of hydrogen-bond donors (Lipinski definition) is 0. The summed E-state index contributed by atoms with van der Waals surface area (Å²) in [5.74, 6) is 2.40. The average Bonchev–Trinajstić information content (AvgIpc) is 3.39. The zero-order valence-electron chi connectivity index (χ0n) is 20.3. The summed E-state index contributed by atoms with van der Waals surface area (Å²) in [6, 6.07) is 10.3. The van der Waals surface area contributed by atoms with Gasteiger partial charge in [-0.25, -0.2) is 19.9 Å². The first-order valence-electron chi connectivity index (χ1n) is 12.6. The van der Waals surface area contributed by atoms with E-state index in [-0.39, 0.29) is 6.10 Å². The monoisotopic (exact) mass is 486 g/mol. The van der Waals surface area contributed by atoms with Gasteiger partial charge in [0.2, 0.25) is 5.88 Å². The van der Waals surface area contributed by atoms with E-state index in [1.54, 1.807) is 0 Å². The smallest absolute Gasteiger partial charge is 0.213 e. The maximum absolute atomic E-state index is 6.02. The Morgan fingerprint density at radius 3 is 2.56 bits per heavy atom. The van der Waals surface area contributed by atoms with Crippen molar-refractivity contribution < 1.29 is 14.2 Å². The summed E-state index contributed by atoms with van der Waals surface area (Å²) in [6.07, 6.45) is 11.0. The Labute approximate surface area is 210 Å². The SMILES string of the molecule is c1cn2ccc(Cc3cc(N4CCOCC4)nc(Cc4ccc(OC5CCOCC5)nc4)n3)cc2n1. The first kappa shape index (κ1) is 22.9. The number of aromatic nitrogens is 5. The molecule has 6 heterocycles. The van der Waals surface area contributed by atoms with Gasteiger partial charge in [-0.2, -0.15) is 0 Å². The largest absolute Gasteiger partial charge is 0.474 e. The number of morpholine rings is 1. The fourth-order valence-electron chi connectivity index (χ4n) is 4.66. The molecule has 0 N–H and O–H groups in total. The van der Waals surface area contributed by atoms with Crippen molar-refractivity contribution in [3.05, 3.63) is 77.8 Å². The zero-order chi connectivity index (χ0) is 24.2. The fourth-order valence-corrected chi connectivity index (χ4v) is 4.66. The van der Waals surface area contributed by atoms with Gasteiger partial charge in [0.1, 0.15) is 23.4 Å². The minimum atomic E-state index is 0.175. The summed E-state index contributed by atoms with van der Waals surface area (Å²) in [6.45, 7) is 4.58. The normalized spacial score (nSPS) is 16.9. The predicted octanol–water partition coefficient (Wildman–Crippen LogP) is 3.10. The lowest BCUT2D eigenvalue weighted by Crippen LogP contribution is -2.37. The molecule has 0 spiro atoms. The molecule has 0 unspecified atom stereocenters. The number of pyridine rings is 2. The Bertz CT molecular complexity index is 1300. The van der Waals surface area contributed by atoms with E-state index in [0.29, 0.717) is 31.9 Å². The molecule has 186 valence electrons. The van der Waals surface area contributed by atoms with Gasteiger partial charge < -0.3 is 23.5 Å². The number of imidazole rings is 1. The second-order valence-corrected chi connectivity index (χ2v) is 9.25. The third-order valence-electron chi connectivity index (χ3n) is 6.61. The quantitative estimate of drug-likeness (QED) is 0.394. The molecule has 0 aliphatic carbocycles. The molecule has 6 rings (SSSR count). The summed E-state index contributed by atoms with van der Waals surface area (Å²) in [7, 11) is 0. The summed E-state index contributed by atoms with van der Waals surface area (Å²) >= 11 is 0. The van der Waals surface area contributed by atoms with Gasteiger partial charge in [-0.15, -0.1) is 0 Å². The van der Waals surface area contributed by atoms with Crippen LogP contribution in [0.1, 0.15) is 35.5 Å². The van der Waals surface area contributed by atoms with Gasteiger partial charge in [0, 0.05) is 75.7 Å². The maximum Gasteiger partial charge on any atom is 0.213 e. The first-order chi connectivity index (χ1) is 17.8. The molecule has 0 amide bonds. The summed E-state index contributed by atoms with van der Waals surface area (Å²) < 4.78 is 19.0. The summed E-state index contributed by atoms with van der Waals surface area (Å²) in [5.41, 5.74) is 4.15. The van der Waals surface area contributed by atoms with Gasteiger partial charge >= 0.3 is 0 Å². The minimum absolute atomic E-state index is 0.175. The van der Waals surface area contributed by atoms with Crippen LogP contribution < -0.4 is 9.64 Å². The van der Waals surface area contributed by atoms with Crippen molar-refractivity contribution in [1.29, 1.82) is 0 Å². The standard InChI is InChI=1S/C27H30N6O3/c1-2-27(36-23-4-11-34-12-5-23)29-19-21(1)16-24-30-22(18-26(31-24)33-9-13-35-14-10-33)15-20-3-7-32-8-6-28-25(32)17-20/h1-3,6-8,17-19,23H,4-5,9-16H2. The van der Waals surface area contributed by atoms with Crippen molar-refractivity contribution in [2.75, 3.05) is 44.4 Å². The molecule has 2 saturated heterocycles. The molecule has 0 saturated carbocycles. The van der Waals surface area contributed by atoms with Crippen molar-refractivity contribution in [2.24, 2.45) is 0 Å². The molecule has 0 radical (unpaired) electrons. The van der Waals surface area contributed by atoms with Crippen LogP contribution in [0.25, 0.3) is 5.65 Å². The van der Waals surface area contributed by atoms with Crippen LogP contribution in [0.15, 0.2) is 55.1 Å². The minimum Gasteiger partial charge on any atom is -0.474 e. The Kier molecular flexibility index (Phi) is 6.73. The third-order valence-corrected chi connectivity index (χ3v) is 6.61. The van der Waals surface area contributed by atoms with E-state index >= 15 is 0 Å². The van der Waals surface area contributed by atoms with Crippen LogP contribution in [0.4, 0.5) is 5.82 Å². The van der Waals surface area contributed by atoms with Gasteiger partial charge in [0.05, 0.1) is 32.1 Å². The number of rotatable bonds is 7. The van der Waals surface area contributed by atoms with Gasteiger partial charge in [-0.3, -0.25) is 0 Å². The van der Waals surface area contributed by atoms with Crippen LogP contribution in [0, 0.1) is 0 Å². The highest BCUT2D eigenvalue weighted by Gasteiger charge is 2.17. The second-order valence-electron chi connectivity index (χ2n) is 9.25. The van der Waals surface area contributed by atoms with Crippen molar-refractivity contribution in [3.63, 3.8) is 0 Å². The summed E-state index contributed by atoms with van der Waals surface area (Å²) in [4.78, 5) is 21.1. The van der Waals surface area contributed by atoms with Gasteiger partial charge in [-0.05, 0) is 23.3 Å². The highest BCUT2D eigenvalue weighted by molar-refractivity contribution is 5.45. The van der Waals surface area contributed by atoms with E-state index in [4.69, 9.17) is 24.2 Å². The van der Waals surface area contributed by atoms with E-state index in [9.17, 15) is 0 Å². The van der Waals surface area contributed by atoms with Crippen LogP contribution >= 0.6 is 0 Å². The van der Waals surface area contributed by atoms with Crippen molar-refractivity contribution >= 4 is 11.5 Å². The van der Waals surface area contributed by atoms with Crippen molar-refractivity contribution in [3.8, 4) is 5.88 Å². The lowest BCUT2D eigenvalue weighted by Gasteiger charge is -2.28. The lowest BCUT2D eigenvalue weighted by atomic mass is 10.1. The molecule has 0 bridgehead atoms. The van der Waals surface area contributed by atoms with E-state index < -0.39 is 0 Å². The number of fused-ring (bicyclic) bond motifs is 1. The molecule has 36 heavy (non-hydrogen) atoms. The van der Waals surface area contributed by atoms with Crippen molar-refractivity contribution in [1.82, 2.24) is 24.3 Å². The Hall–Kier alpha value is -3.56. The molecule has 0 aromatic carbocycles. The molecule has 4 aromatic rings. The predicted molar refractivity (Wildman–Crippen MR) is 135 cm³/mol. The van der Waals surface area contributed by atoms with Crippen molar-refractivity contribution in [2.45, 2.75) is 31.8 Å². The molecule has 4 aromatic heterocycles. The topological polar surface area (TPSA) is 86.9 Å². The number of anilines is 1. The van der Waals surface area contributed by atoms with Gasteiger partial charge in [0.25, 0.3) is 0 Å². The summed E-state index contributed by atoms with van der Waals surface area (Å²) in [5, 5.41) is 0. The molecule has 9 heteroatoms. The first-order valence-corrected chi connectivity index (χ1v) is 12.6. The van der Waals surface area contributed by atoms with E-state index in [2.05, 4.69) is 39.1 Å². The van der Waals surface area contributed by atoms with Gasteiger partial charge in [-0.1, -0.05) is 6.07 Å². The maximum atomic E-state index is 6.02. The van der Waals surface area contributed by atoms with Crippen LogP contribution in [-0.4, -0.2) is 70.0 Å². The number of hydrogen-bond acceptors (Lipinski definition) is 8. The van der Waals surface area contributed by atoms with E-state index in [1.807, 2.05) is 35.3 Å². The molecule has 2 fully saturated rings. The highest BCUT2D eigenvalue weighted by Crippen LogP contribution is 2.20. The van der Waals surface area contributed by atoms with Crippen LogP contribution in [0.2, 0.25) is 0 Å². The van der Waals surface area contributed by atoms with E-state index in [0.717, 1.165) is 67.7 Å². The fraction of sp³-hybridized carbons (Fsp3) is 0.407. The molecular formula is C27H30N6O3. The molecule has 0 atom stereocenters. The van der Waals surface area contributed by atoms with Gasteiger partial charge in [0.15, 0.2) is 0 Å².